The molecule has 0 spiro atoms. The largest absolute Gasteiger partial charge is 0.144 e. The number of thiophene rings is 1. The highest BCUT2D eigenvalue weighted by Gasteiger charge is 2.24. The molecule has 92 valence electrons. The van der Waals surface area contributed by atoms with Crippen molar-refractivity contribution in [2.45, 2.75) is 27.2 Å². The van der Waals surface area contributed by atoms with Gasteiger partial charge in [0.2, 0.25) is 0 Å². The summed E-state index contributed by atoms with van der Waals surface area (Å²) >= 11 is 7.96. The lowest BCUT2D eigenvalue weighted by Gasteiger charge is -2.28. The van der Waals surface area contributed by atoms with E-state index in [-0.39, 0.29) is 5.41 Å². The molecule has 0 N–H and O–H groups in total. The molecule has 1 atom stereocenters. The molecular weight excluding hydrogens is 248 g/mol. The van der Waals surface area contributed by atoms with E-state index in [1.54, 1.807) is 0 Å². The third-order valence-corrected chi connectivity index (χ3v) is 4.82. The molecule has 1 aromatic carbocycles. The second-order valence-electron chi connectivity index (χ2n) is 5.68. The van der Waals surface area contributed by atoms with Crippen LogP contribution >= 0.6 is 22.9 Å². The Bertz CT molecular complexity index is 493. The number of alkyl halides is 1. The van der Waals surface area contributed by atoms with E-state index in [0.717, 1.165) is 12.3 Å². The quantitative estimate of drug-likeness (QED) is 0.658. The van der Waals surface area contributed by atoms with E-state index in [4.69, 9.17) is 11.6 Å². The van der Waals surface area contributed by atoms with E-state index in [1.165, 1.54) is 15.6 Å². The average Bonchev–Trinajstić information content (AvgIpc) is 2.67. The SMILES string of the molecule is CC(C)(C)C(CCl)Cc1csc2ccccc12. The van der Waals surface area contributed by atoms with Crippen LogP contribution in [0.25, 0.3) is 10.1 Å². The molecule has 0 aliphatic rings. The monoisotopic (exact) mass is 266 g/mol. The van der Waals surface area contributed by atoms with Gasteiger partial charge in [0, 0.05) is 10.6 Å². The fraction of sp³-hybridized carbons (Fsp3) is 0.467. The van der Waals surface area contributed by atoms with Gasteiger partial charge in [-0.1, -0.05) is 39.0 Å². The second-order valence-corrected chi connectivity index (χ2v) is 6.90. The molecule has 0 saturated heterocycles. The van der Waals surface area contributed by atoms with Crippen LogP contribution in [0.5, 0.6) is 0 Å². The molecule has 0 fully saturated rings. The first-order valence-corrected chi connectivity index (χ1v) is 7.45. The first-order valence-electron chi connectivity index (χ1n) is 6.03. The van der Waals surface area contributed by atoms with Crippen molar-refractivity contribution in [1.82, 2.24) is 0 Å². The van der Waals surface area contributed by atoms with E-state index in [0.29, 0.717) is 5.92 Å². The lowest BCUT2D eigenvalue weighted by molar-refractivity contribution is 0.264. The van der Waals surface area contributed by atoms with E-state index in [2.05, 4.69) is 50.4 Å². The molecule has 1 heterocycles. The molecule has 2 rings (SSSR count). The van der Waals surface area contributed by atoms with Crippen molar-refractivity contribution in [2.24, 2.45) is 11.3 Å². The Morgan fingerprint density at radius 3 is 2.59 bits per heavy atom. The van der Waals surface area contributed by atoms with Crippen LogP contribution in [0.15, 0.2) is 29.6 Å². The summed E-state index contributed by atoms with van der Waals surface area (Å²) in [5.41, 5.74) is 1.72. The van der Waals surface area contributed by atoms with Gasteiger partial charge >= 0.3 is 0 Å². The maximum atomic E-state index is 6.12. The number of hydrogen-bond donors (Lipinski definition) is 0. The zero-order valence-corrected chi connectivity index (χ0v) is 12.2. The Morgan fingerprint density at radius 1 is 1.24 bits per heavy atom. The highest BCUT2D eigenvalue weighted by Crippen LogP contribution is 2.34. The molecular formula is C15H19ClS. The summed E-state index contributed by atoms with van der Waals surface area (Å²) in [5.74, 6) is 1.26. The predicted octanol–water partition coefficient (Wildman–Crippen LogP) is 5.34. The van der Waals surface area contributed by atoms with Crippen LogP contribution in [0.1, 0.15) is 26.3 Å². The Morgan fingerprint density at radius 2 is 1.94 bits per heavy atom. The molecule has 0 saturated carbocycles. The van der Waals surface area contributed by atoms with Gasteiger partial charge in [-0.25, -0.2) is 0 Å². The standard InChI is InChI=1S/C15H19ClS/c1-15(2,3)12(9-16)8-11-10-17-14-7-5-4-6-13(11)14/h4-7,10,12H,8-9H2,1-3H3. The zero-order chi connectivity index (χ0) is 12.5. The highest BCUT2D eigenvalue weighted by atomic mass is 35.5. The Balaban J connectivity index is 2.29. The minimum atomic E-state index is 0.269. The average molecular weight is 267 g/mol. The number of hydrogen-bond acceptors (Lipinski definition) is 1. The second kappa shape index (κ2) is 4.99. The first-order chi connectivity index (χ1) is 8.02. The number of rotatable bonds is 3. The summed E-state index contributed by atoms with van der Waals surface area (Å²) < 4.78 is 1.38. The fourth-order valence-electron chi connectivity index (χ4n) is 2.05. The van der Waals surface area contributed by atoms with Gasteiger partial charge in [0.15, 0.2) is 0 Å². The molecule has 2 aromatic rings. The van der Waals surface area contributed by atoms with Crippen LogP contribution in [0.4, 0.5) is 0 Å². The fourth-order valence-corrected chi connectivity index (χ4v) is 3.60. The number of halogens is 1. The van der Waals surface area contributed by atoms with Gasteiger partial charge < -0.3 is 0 Å². The van der Waals surface area contributed by atoms with Gasteiger partial charge in [-0.05, 0) is 40.1 Å². The molecule has 0 amide bonds. The molecule has 0 aliphatic carbocycles. The minimum Gasteiger partial charge on any atom is -0.144 e. The van der Waals surface area contributed by atoms with Crippen molar-refractivity contribution in [3.8, 4) is 0 Å². The van der Waals surface area contributed by atoms with Crippen molar-refractivity contribution in [3.05, 3.63) is 35.2 Å². The van der Waals surface area contributed by atoms with Crippen LogP contribution in [-0.2, 0) is 6.42 Å². The van der Waals surface area contributed by atoms with Crippen LogP contribution in [-0.4, -0.2) is 5.88 Å². The van der Waals surface area contributed by atoms with Crippen molar-refractivity contribution < 1.29 is 0 Å². The van der Waals surface area contributed by atoms with E-state index in [9.17, 15) is 0 Å². The highest BCUT2D eigenvalue weighted by molar-refractivity contribution is 7.17. The number of benzene rings is 1. The lowest BCUT2D eigenvalue weighted by atomic mass is 9.78. The van der Waals surface area contributed by atoms with Crippen molar-refractivity contribution >= 4 is 33.0 Å². The number of fused-ring (bicyclic) bond motifs is 1. The molecule has 1 aromatic heterocycles. The maximum Gasteiger partial charge on any atom is 0.0345 e. The molecule has 1 unspecified atom stereocenters. The van der Waals surface area contributed by atoms with Gasteiger partial charge in [0.1, 0.15) is 0 Å². The van der Waals surface area contributed by atoms with E-state index < -0.39 is 0 Å². The molecule has 0 aliphatic heterocycles. The van der Waals surface area contributed by atoms with Gasteiger partial charge in [-0.2, -0.15) is 0 Å². The van der Waals surface area contributed by atoms with Gasteiger partial charge in [-0.15, -0.1) is 22.9 Å². The molecule has 0 nitrogen and oxygen atoms in total. The Kier molecular flexibility index (Phi) is 3.79. The predicted molar refractivity (Wildman–Crippen MR) is 79.2 cm³/mol. The topological polar surface area (TPSA) is 0 Å². The van der Waals surface area contributed by atoms with Crippen molar-refractivity contribution in [3.63, 3.8) is 0 Å². The summed E-state index contributed by atoms with van der Waals surface area (Å²) in [4.78, 5) is 0. The Hall–Kier alpha value is -0.530. The van der Waals surface area contributed by atoms with Crippen LogP contribution in [0.2, 0.25) is 0 Å². The molecule has 2 heteroatoms. The smallest absolute Gasteiger partial charge is 0.0345 e. The molecule has 17 heavy (non-hydrogen) atoms. The molecule has 0 radical (unpaired) electrons. The third kappa shape index (κ3) is 2.83. The van der Waals surface area contributed by atoms with Crippen LogP contribution in [0, 0.1) is 11.3 Å². The van der Waals surface area contributed by atoms with E-state index >= 15 is 0 Å². The molecule has 0 bridgehead atoms. The van der Waals surface area contributed by atoms with Crippen molar-refractivity contribution in [2.75, 3.05) is 5.88 Å². The summed E-state index contributed by atoms with van der Waals surface area (Å²) in [6.45, 7) is 6.82. The minimum absolute atomic E-state index is 0.269. The Labute approximate surface area is 113 Å². The summed E-state index contributed by atoms with van der Waals surface area (Å²) in [6.07, 6.45) is 1.08. The van der Waals surface area contributed by atoms with Crippen LogP contribution in [0.3, 0.4) is 0 Å². The van der Waals surface area contributed by atoms with Crippen LogP contribution < -0.4 is 0 Å². The van der Waals surface area contributed by atoms with Crippen molar-refractivity contribution in [1.29, 1.82) is 0 Å². The first kappa shape index (κ1) is 12.9. The lowest BCUT2D eigenvalue weighted by Crippen LogP contribution is -2.24. The van der Waals surface area contributed by atoms with Gasteiger partial charge in [0.25, 0.3) is 0 Å². The summed E-state index contributed by atoms with van der Waals surface area (Å²) in [6, 6.07) is 8.63. The van der Waals surface area contributed by atoms with Gasteiger partial charge in [-0.3, -0.25) is 0 Å². The normalized spacial score (nSPS) is 14.1. The third-order valence-electron chi connectivity index (χ3n) is 3.44. The summed E-state index contributed by atoms with van der Waals surface area (Å²) in [5, 5.41) is 3.69. The maximum absolute atomic E-state index is 6.12. The van der Waals surface area contributed by atoms with E-state index in [1.807, 2.05) is 11.3 Å². The summed E-state index contributed by atoms with van der Waals surface area (Å²) in [7, 11) is 0. The zero-order valence-electron chi connectivity index (χ0n) is 10.7. The van der Waals surface area contributed by atoms with Gasteiger partial charge in [0.05, 0.1) is 0 Å².